The minimum atomic E-state index is 0.230. The van der Waals surface area contributed by atoms with Crippen molar-refractivity contribution in [3.8, 4) is 0 Å². The predicted octanol–water partition coefficient (Wildman–Crippen LogP) is 4.55. The van der Waals surface area contributed by atoms with E-state index in [4.69, 9.17) is 0 Å². The maximum Gasteiger partial charge on any atom is 0.0366 e. The summed E-state index contributed by atoms with van der Waals surface area (Å²) in [5, 5.41) is 7.77. The first-order valence-electron chi connectivity index (χ1n) is 6.79. The van der Waals surface area contributed by atoms with E-state index in [1.54, 1.807) is 11.3 Å². The minimum absolute atomic E-state index is 0.230. The minimum Gasteiger partial charge on any atom is -0.313 e. The van der Waals surface area contributed by atoms with Crippen molar-refractivity contribution in [2.75, 3.05) is 7.05 Å². The van der Waals surface area contributed by atoms with Crippen LogP contribution in [0.4, 0.5) is 0 Å². The van der Waals surface area contributed by atoms with Gasteiger partial charge in [-0.15, -0.1) is 0 Å². The second-order valence-corrected chi connectivity index (χ2v) is 6.83. The zero-order valence-electron chi connectivity index (χ0n) is 12.2. The van der Waals surface area contributed by atoms with Gasteiger partial charge in [0.1, 0.15) is 0 Å². The highest BCUT2D eigenvalue weighted by molar-refractivity contribution is 7.07. The molecule has 1 aromatic heterocycles. The lowest BCUT2D eigenvalue weighted by atomic mass is 9.86. The average molecular weight is 273 g/mol. The summed E-state index contributed by atoms with van der Waals surface area (Å²) < 4.78 is 0. The van der Waals surface area contributed by atoms with Crippen molar-refractivity contribution in [2.45, 2.75) is 38.6 Å². The first-order chi connectivity index (χ1) is 9.00. The third kappa shape index (κ3) is 3.68. The highest BCUT2D eigenvalue weighted by Crippen LogP contribution is 2.24. The third-order valence-electron chi connectivity index (χ3n) is 3.55. The van der Waals surface area contributed by atoms with E-state index in [-0.39, 0.29) is 5.41 Å². The van der Waals surface area contributed by atoms with Crippen LogP contribution in [0.5, 0.6) is 0 Å². The molecule has 1 heterocycles. The van der Waals surface area contributed by atoms with Crippen LogP contribution in [0.1, 0.15) is 43.5 Å². The molecular formula is C17H23NS. The molecule has 1 atom stereocenters. The van der Waals surface area contributed by atoms with E-state index in [1.807, 2.05) is 7.05 Å². The zero-order valence-corrected chi connectivity index (χ0v) is 13.1. The largest absolute Gasteiger partial charge is 0.313 e. The Morgan fingerprint density at radius 2 is 1.79 bits per heavy atom. The molecule has 102 valence electrons. The molecule has 0 spiro atoms. The third-order valence-corrected chi connectivity index (χ3v) is 4.26. The van der Waals surface area contributed by atoms with E-state index in [2.05, 4.69) is 67.2 Å². The molecule has 1 N–H and O–H groups in total. The van der Waals surface area contributed by atoms with Crippen molar-refractivity contribution in [1.29, 1.82) is 0 Å². The lowest BCUT2D eigenvalue weighted by molar-refractivity contribution is 0.584. The fourth-order valence-electron chi connectivity index (χ4n) is 2.24. The Kier molecular flexibility index (Phi) is 4.43. The summed E-state index contributed by atoms with van der Waals surface area (Å²) in [5.74, 6) is 0. The molecule has 2 rings (SSSR count). The number of hydrogen-bond donors (Lipinski definition) is 1. The van der Waals surface area contributed by atoms with Crippen molar-refractivity contribution in [2.24, 2.45) is 0 Å². The van der Waals surface area contributed by atoms with Gasteiger partial charge in [0.25, 0.3) is 0 Å². The molecule has 2 aromatic rings. The molecule has 0 bridgehead atoms. The van der Waals surface area contributed by atoms with Gasteiger partial charge in [0.2, 0.25) is 0 Å². The van der Waals surface area contributed by atoms with Crippen molar-refractivity contribution in [3.63, 3.8) is 0 Å². The van der Waals surface area contributed by atoms with Gasteiger partial charge in [-0.3, -0.25) is 0 Å². The number of nitrogens with one attached hydrogen (secondary N) is 1. The highest BCUT2D eigenvalue weighted by atomic mass is 32.1. The smallest absolute Gasteiger partial charge is 0.0366 e. The Bertz CT molecular complexity index is 491. The molecule has 0 aliphatic rings. The van der Waals surface area contributed by atoms with Gasteiger partial charge in [-0.05, 0) is 52.4 Å². The van der Waals surface area contributed by atoms with Crippen molar-refractivity contribution < 1.29 is 0 Å². The van der Waals surface area contributed by atoms with Crippen molar-refractivity contribution in [1.82, 2.24) is 5.32 Å². The van der Waals surface area contributed by atoms with Crippen LogP contribution in [-0.4, -0.2) is 7.05 Å². The normalized spacial score (nSPS) is 13.5. The van der Waals surface area contributed by atoms with Crippen LogP contribution >= 0.6 is 11.3 Å². The Morgan fingerprint density at radius 3 is 2.26 bits per heavy atom. The van der Waals surface area contributed by atoms with Gasteiger partial charge < -0.3 is 5.32 Å². The summed E-state index contributed by atoms with van der Waals surface area (Å²) >= 11 is 1.76. The molecule has 19 heavy (non-hydrogen) atoms. The second kappa shape index (κ2) is 5.89. The number of benzene rings is 1. The molecule has 0 radical (unpaired) electrons. The quantitative estimate of drug-likeness (QED) is 0.862. The van der Waals surface area contributed by atoms with Gasteiger partial charge in [-0.25, -0.2) is 0 Å². The molecule has 0 aliphatic carbocycles. The number of thiophene rings is 1. The summed E-state index contributed by atoms with van der Waals surface area (Å²) in [4.78, 5) is 0. The summed E-state index contributed by atoms with van der Waals surface area (Å²) in [5.41, 5.74) is 4.40. The number of rotatable bonds is 4. The van der Waals surface area contributed by atoms with Crippen LogP contribution in [0.2, 0.25) is 0 Å². The van der Waals surface area contributed by atoms with Crippen molar-refractivity contribution in [3.05, 3.63) is 57.8 Å². The fourth-order valence-corrected chi connectivity index (χ4v) is 2.95. The molecule has 1 aromatic carbocycles. The molecule has 0 saturated carbocycles. The zero-order chi connectivity index (χ0) is 13.9. The van der Waals surface area contributed by atoms with Gasteiger partial charge in [-0.2, -0.15) is 11.3 Å². The first-order valence-corrected chi connectivity index (χ1v) is 7.74. The van der Waals surface area contributed by atoms with E-state index in [1.165, 1.54) is 16.7 Å². The number of likely N-dealkylation sites (N-methyl/N-ethyl adjacent to an activating group) is 1. The van der Waals surface area contributed by atoms with Gasteiger partial charge >= 0.3 is 0 Å². The van der Waals surface area contributed by atoms with E-state index in [0.717, 1.165) is 6.42 Å². The Labute approximate surface area is 120 Å². The van der Waals surface area contributed by atoms with Gasteiger partial charge in [0.15, 0.2) is 0 Å². The summed E-state index contributed by atoms with van der Waals surface area (Å²) in [6.07, 6.45) is 1.04. The second-order valence-electron chi connectivity index (χ2n) is 6.05. The summed E-state index contributed by atoms with van der Waals surface area (Å²) in [6, 6.07) is 11.7. The van der Waals surface area contributed by atoms with Crippen LogP contribution in [0.25, 0.3) is 0 Å². The van der Waals surface area contributed by atoms with Crippen LogP contribution in [0, 0.1) is 0 Å². The molecule has 2 heteroatoms. The molecule has 0 saturated heterocycles. The lowest BCUT2D eigenvalue weighted by Crippen LogP contribution is -2.18. The topological polar surface area (TPSA) is 12.0 Å². The Morgan fingerprint density at radius 1 is 1.11 bits per heavy atom. The highest BCUT2D eigenvalue weighted by Gasteiger charge is 2.14. The first kappa shape index (κ1) is 14.3. The lowest BCUT2D eigenvalue weighted by Gasteiger charge is -2.20. The monoisotopic (exact) mass is 273 g/mol. The number of hydrogen-bond acceptors (Lipinski definition) is 2. The van der Waals surface area contributed by atoms with Crippen molar-refractivity contribution >= 4 is 11.3 Å². The predicted molar refractivity (Wildman–Crippen MR) is 85.0 cm³/mol. The maximum absolute atomic E-state index is 3.40. The van der Waals surface area contributed by atoms with E-state index >= 15 is 0 Å². The van der Waals surface area contributed by atoms with Gasteiger partial charge in [0.05, 0.1) is 0 Å². The average Bonchev–Trinajstić information content (AvgIpc) is 2.89. The summed E-state index contributed by atoms with van der Waals surface area (Å²) in [7, 11) is 2.03. The molecule has 1 unspecified atom stereocenters. The fraction of sp³-hybridized carbons (Fsp3) is 0.412. The standard InChI is InChI=1S/C17H23NS/c1-17(2,3)15-7-5-13(6-8-15)11-16(18-4)14-9-10-19-12-14/h5-10,12,16,18H,11H2,1-4H3. The van der Waals surface area contributed by atoms with Gasteiger partial charge in [-0.1, -0.05) is 45.0 Å². The van der Waals surface area contributed by atoms with E-state index < -0.39 is 0 Å². The van der Waals surface area contributed by atoms with Crippen LogP contribution in [-0.2, 0) is 11.8 Å². The van der Waals surface area contributed by atoms with Crippen LogP contribution in [0.15, 0.2) is 41.1 Å². The van der Waals surface area contributed by atoms with E-state index in [0.29, 0.717) is 6.04 Å². The maximum atomic E-state index is 3.40. The molecule has 0 amide bonds. The Balaban J connectivity index is 2.11. The Hall–Kier alpha value is -1.12. The molecule has 0 aliphatic heterocycles. The molecule has 1 nitrogen and oxygen atoms in total. The molecular weight excluding hydrogens is 250 g/mol. The van der Waals surface area contributed by atoms with E-state index in [9.17, 15) is 0 Å². The van der Waals surface area contributed by atoms with Crippen LogP contribution < -0.4 is 5.32 Å². The molecule has 0 fully saturated rings. The van der Waals surface area contributed by atoms with Crippen LogP contribution in [0.3, 0.4) is 0 Å². The van der Waals surface area contributed by atoms with Gasteiger partial charge in [0, 0.05) is 6.04 Å². The summed E-state index contributed by atoms with van der Waals surface area (Å²) in [6.45, 7) is 6.76. The SMILES string of the molecule is CNC(Cc1ccc(C(C)(C)C)cc1)c1ccsc1.